The summed E-state index contributed by atoms with van der Waals surface area (Å²) in [7, 11) is 0. The van der Waals surface area contributed by atoms with Crippen molar-refractivity contribution in [2.45, 2.75) is 19.3 Å². The first-order valence-corrected chi connectivity index (χ1v) is 6.19. The molecule has 0 aromatic heterocycles. The highest BCUT2D eigenvalue weighted by molar-refractivity contribution is 9.10. The minimum Gasteiger partial charge on any atom is -0.316 e. The maximum atomic E-state index is 12.9. The molecule has 1 nitrogen and oxygen atoms in total. The van der Waals surface area contributed by atoms with E-state index in [0.717, 1.165) is 25.4 Å². The van der Waals surface area contributed by atoms with Gasteiger partial charge in [-0.3, -0.25) is 0 Å². The molecule has 0 bridgehead atoms. The standard InChI is InChI=1S/C12H15BrFN/c13-11-7-9(3-4-12(11)14)5-6-15-8-10-1-2-10/h3-4,7,10,15H,1-2,5-6,8H2. The average Bonchev–Trinajstić information content (AvgIpc) is 3.02. The van der Waals surface area contributed by atoms with Crippen LogP contribution in [0.5, 0.6) is 0 Å². The van der Waals surface area contributed by atoms with E-state index in [1.807, 2.05) is 12.1 Å². The van der Waals surface area contributed by atoms with Crippen molar-refractivity contribution < 1.29 is 4.39 Å². The summed E-state index contributed by atoms with van der Waals surface area (Å²) in [5.74, 6) is 0.731. The second-order valence-electron chi connectivity index (χ2n) is 4.15. The van der Waals surface area contributed by atoms with E-state index in [1.54, 1.807) is 0 Å². The number of hydrogen-bond acceptors (Lipinski definition) is 1. The maximum absolute atomic E-state index is 12.9. The fourth-order valence-electron chi connectivity index (χ4n) is 1.56. The Balaban J connectivity index is 1.74. The third-order valence-corrected chi connectivity index (χ3v) is 3.31. The quantitative estimate of drug-likeness (QED) is 0.812. The van der Waals surface area contributed by atoms with E-state index >= 15 is 0 Å². The Morgan fingerprint density at radius 2 is 2.20 bits per heavy atom. The van der Waals surface area contributed by atoms with Crippen LogP contribution in [0.3, 0.4) is 0 Å². The number of benzene rings is 1. The lowest BCUT2D eigenvalue weighted by Gasteiger charge is -2.04. The van der Waals surface area contributed by atoms with E-state index in [1.165, 1.54) is 24.5 Å². The first-order chi connectivity index (χ1) is 7.25. The minimum atomic E-state index is -0.190. The van der Waals surface area contributed by atoms with E-state index in [0.29, 0.717) is 4.47 Å². The number of hydrogen-bond donors (Lipinski definition) is 1. The van der Waals surface area contributed by atoms with Gasteiger partial charge >= 0.3 is 0 Å². The number of rotatable bonds is 5. The molecule has 15 heavy (non-hydrogen) atoms. The van der Waals surface area contributed by atoms with Gasteiger partial charge in [0.2, 0.25) is 0 Å². The molecule has 2 rings (SSSR count). The number of nitrogens with one attached hydrogen (secondary N) is 1. The van der Waals surface area contributed by atoms with Gasteiger partial charge in [0.25, 0.3) is 0 Å². The Morgan fingerprint density at radius 3 is 2.87 bits per heavy atom. The normalized spacial score (nSPS) is 15.6. The monoisotopic (exact) mass is 271 g/mol. The second-order valence-corrected chi connectivity index (χ2v) is 5.00. The zero-order valence-electron chi connectivity index (χ0n) is 8.60. The molecule has 0 spiro atoms. The molecular formula is C12H15BrFN. The average molecular weight is 272 g/mol. The molecule has 0 aliphatic heterocycles. The van der Waals surface area contributed by atoms with Crippen LogP contribution in [-0.4, -0.2) is 13.1 Å². The van der Waals surface area contributed by atoms with Gasteiger partial charge in [-0.25, -0.2) is 4.39 Å². The van der Waals surface area contributed by atoms with E-state index in [9.17, 15) is 4.39 Å². The van der Waals surface area contributed by atoms with Gasteiger partial charge in [-0.15, -0.1) is 0 Å². The van der Waals surface area contributed by atoms with Gasteiger partial charge in [0.05, 0.1) is 4.47 Å². The highest BCUT2D eigenvalue weighted by Gasteiger charge is 2.19. The lowest BCUT2D eigenvalue weighted by Crippen LogP contribution is -2.19. The molecule has 1 N–H and O–H groups in total. The van der Waals surface area contributed by atoms with E-state index in [-0.39, 0.29) is 5.82 Å². The zero-order valence-corrected chi connectivity index (χ0v) is 10.2. The molecule has 3 heteroatoms. The third kappa shape index (κ3) is 3.58. The predicted molar refractivity (Wildman–Crippen MR) is 63.4 cm³/mol. The van der Waals surface area contributed by atoms with Gasteiger partial charge in [0.1, 0.15) is 5.82 Å². The topological polar surface area (TPSA) is 12.0 Å². The van der Waals surface area contributed by atoms with Crippen molar-refractivity contribution in [3.63, 3.8) is 0 Å². The van der Waals surface area contributed by atoms with Crippen molar-refractivity contribution >= 4 is 15.9 Å². The van der Waals surface area contributed by atoms with Crippen LogP contribution in [0.15, 0.2) is 22.7 Å². The molecule has 0 heterocycles. The Morgan fingerprint density at radius 1 is 1.40 bits per heavy atom. The Bertz CT molecular complexity index is 336. The van der Waals surface area contributed by atoms with Gasteiger partial charge < -0.3 is 5.32 Å². The highest BCUT2D eigenvalue weighted by atomic mass is 79.9. The molecule has 0 amide bonds. The van der Waals surface area contributed by atoms with Crippen molar-refractivity contribution in [2.24, 2.45) is 5.92 Å². The van der Waals surface area contributed by atoms with Crippen LogP contribution in [0.1, 0.15) is 18.4 Å². The molecule has 1 aromatic rings. The molecule has 82 valence electrons. The minimum absolute atomic E-state index is 0.190. The first-order valence-electron chi connectivity index (χ1n) is 5.40. The zero-order chi connectivity index (χ0) is 10.7. The van der Waals surface area contributed by atoms with Crippen LogP contribution in [0.25, 0.3) is 0 Å². The lowest BCUT2D eigenvalue weighted by atomic mass is 10.1. The van der Waals surface area contributed by atoms with Gasteiger partial charge in [-0.1, -0.05) is 6.07 Å². The Kier molecular flexibility index (Phi) is 3.76. The summed E-state index contributed by atoms with van der Waals surface area (Å²) in [5, 5.41) is 3.42. The van der Waals surface area contributed by atoms with E-state index in [4.69, 9.17) is 0 Å². The van der Waals surface area contributed by atoms with Crippen molar-refractivity contribution in [3.05, 3.63) is 34.1 Å². The maximum Gasteiger partial charge on any atom is 0.137 e. The van der Waals surface area contributed by atoms with E-state index in [2.05, 4.69) is 21.2 Å². The van der Waals surface area contributed by atoms with Crippen LogP contribution in [0.2, 0.25) is 0 Å². The summed E-state index contributed by atoms with van der Waals surface area (Å²) >= 11 is 3.19. The van der Waals surface area contributed by atoms with Crippen LogP contribution >= 0.6 is 15.9 Å². The number of halogens is 2. The van der Waals surface area contributed by atoms with E-state index < -0.39 is 0 Å². The largest absolute Gasteiger partial charge is 0.316 e. The molecular weight excluding hydrogens is 257 g/mol. The van der Waals surface area contributed by atoms with Gasteiger partial charge in [0.15, 0.2) is 0 Å². The van der Waals surface area contributed by atoms with Gasteiger partial charge in [-0.05, 0) is 71.9 Å². The predicted octanol–water partition coefficient (Wildman–Crippen LogP) is 3.13. The summed E-state index contributed by atoms with van der Waals surface area (Å²) in [6, 6.07) is 5.22. The van der Waals surface area contributed by atoms with Crippen LogP contribution < -0.4 is 5.32 Å². The summed E-state index contributed by atoms with van der Waals surface area (Å²) < 4.78 is 13.5. The van der Waals surface area contributed by atoms with Crippen molar-refractivity contribution in [2.75, 3.05) is 13.1 Å². The molecule has 1 saturated carbocycles. The SMILES string of the molecule is Fc1ccc(CCNCC2CC2)cc1Br. The Hall–Kier alpha value is -0.410. The smallest absolute Gasteiger partial charge is 0.137 e. The van der Waals surface area contributed by atoms with Gasteiger partial charge in [-0.2, -0.15) is 0 Å². The van der Waals surface area contributed by atoms with Crippen LogP contribution in [0, 0.1) is 11.7 Å². The van der Waals surface area contributed by atoms with Crippen LogP contribution in [0.4, 0.5) is 4.39 Å². The Labute approximate surface area is 98.2 Å². The molecule has 1 aliphatic rings. The molecule has 0 atom stereocenters. The first kappa shape index (κ1) is 11.1. The molecule has 0 unspecified atom stereocenters. The molecule has 0 radical (unpaired) electrons. The fourth-order valence-corrected chi connectivity index (χ4v) is 1.98. The molecule has 1 aliphatic carbocycles. The summed E-state index contributed by atoms with van der Waals surface area (Å²) in [5.41, 5.74) is 1.17. The third-order valence-electron chi connectivity index (χ3n) is 2.70. The summed E-state index contributed by atoms with van der Waals surface area (Å²) in [6.07, 6.45) is 3.73. The summed E-state index contributed by atoms with van der Waals surface area (Å²) in [6.45, 7) is 2.12. The summed E-state index contributed by atoms with van der Waals surface area (Å²) in [4.78, 5) is 0. The molecule has 0 saturated heterocycles. The van der Waals surface area contributed by atoms with Crippen LogP contribution in [-0.2, 0) is 6.42 Å². The van der Waals surface area contributed by atoms with Gasteiger partial charge in [0, 0.05) is 0 Å². The highest BCUT2D eigenvalue weighted by Crippen LogP contribution is 2.27. The van der Waals surface area contributed by atoms with Crippen molar-refractivity contribution in [3.8, 4) is 0 Å². The lowest BCUT2D eigenvalue weighted by molar-refractivity contribution is 0.617. The second kappa shape index (κ2) is 5.08. The fraction of sp³-hybridized carbons (Fsp3) is 0.500. The van der Waals surface area contributed by atoms with Crippen molar-refractivity contribution in [1.29, 1.82) is 0 Å². The molecule has 1 fully saturated rings. The molecule has 1 aromatic carbocycles. The van der Waals surface area contributed by atoms with Crippen molar-refractivity contribution in [1.82, 2.24) is 5.32 Å².